The summed E-state index contributed by atoms with van der Waals surface area (Å²) in [5, 5.41) is 17.4. The number of ether oxygens (including phenoxy) is 2. The van der Waals surface area contributed by atoms with Crippen molar-refractivity contribution in [2.45, 2.75) is 38.6 Å². The maximum absolute atomic E-state index is 13.0. The summed E-state index contributed by atoms with van der Waals surface area (Å²) >= 11 is 1.37. The van der Waals surface area contributed by atoms with Crippen molar-refractivity contribution in [1.82, 2.24) is 25.1 Å². The van der Waals surface area contributed by atoms with Crippen LogP contribution in [0.4, 0.5) is 5.13 Å². The number of benzene rings is 2. The molecule has 2 N–H and O–H groups in total. The molecule has 9 nitrogen and oxygen atoms in total. The van der Waals surface area contributed by atoms with Crippen molar-refractivity contribution in [2.24, 2.45) is 5.92 Å². The zero-order valence-electron chi connectivity index (χ0n) is 21.1. The van der Waals surface area contributed by atoms with E-state index in [2.05, 4.69) is 30.4 Å². The number of hydrogen-bond acceptors (Lipinski definition) is 8. The second-order valence-corrected chi connectivity index (χ2v) is 10.6. The van der Waals surface area contributed by atoms with E-state index in [4.69, 9.17) is 9.47 Å². The first-order valence-electron chi connectivity index (χ1n) is 13.1. The van der Waals surface area contributed by atoms with Gasteiger partial charge in [0, 0.05) is 41.7 Å². The predicted octanol–water partition coefficient (Wildman–Crippen LogP) is 5.16. The quantitative estimate of drug-likeness (QED) is 0.324. The molecular formula is C28H30N6O3S. The number of hydrogen-bond donors (Lipinski definition) is 2. The Hall–Kier alpha value is -3.76. The fourth-order valence-corrected chi connectivity index (χ4v) is 5.42. The molecule has 0 bridgehead atoms. The van der Waals surface area contributed by atoms with Gasteiger partial charge in [-0.25, -0.2) is 4.98 Å². The summed E-state index contributed by atoms with van der Waals surface area (Å²) in [7, 11) is 0. The van der Waals surface area contributed by atoms with Crippen molar-refractivity contribution in [3.8, 4) is 28.6 Å². The van der Waals surface area contributed by atoms with E-state index in [1.165, 1.54) is 11.3 Å². The van der Waals surface area contributed by atoms with Crippen LogP contribution >= 0.6 is 11.3 Å². The Morgan fingerprint density at radius 1 is 1.05 bits per heavy atom. The number of piperidine rings is 1. The molecule has 2 aliphatic heterocycles. The Morgan fingerprint density at radius 3 is 2.71 bits per heavy atom. The molecule has 0 spiro atoms. The van der Waals surface area contributed by atoms with E-state index < -0.39 is 0 Å². The third-order valence-electron chi connectivity index (χ3n) is 6.95. The van der Waals surface area contributed by atoms with Crippen molar-refractivity contribution in [3.63, 3.8) is 0 Å². The molecule has 2 aromatic heterocycles. The van der Waals surface area contributed by atoms with Crippen LogP contribution in [-0.4, -0.2) is 45.4 Å². The Kier molecular flexibility index (Phi) is 7.32. The number of thiazole rings is 1. The topological polar surface area (TPSA) is 103 Å². The molecule has 6 rings (SSSR count). The van der Waals surface area contributed by atoms with Gasteiger partial charge in [-0.3, -0.25) is 10.1 Å². The Bertz CT molecular complexity index is 1380. The third-order valence-corrected chi connectivity index (χ3v) is 7.64. The van der Waals surface area contributed by atoms with Crippen LogP contribution in [0.15, 0.2) is 54.0 Å². The van der Waals surface area contributed by atoms with Gasteiger partial charge in [0.2, 0.25) is 0 Å². The molecule has 38 heavy (non-hydrogen) atoms. The van der Waals surface area contributed by atoms with E-state index in [0.717, 1.165) is 69.0 Å². The van der Waals surface area contributed by atoms with Crippen molar-refractivity contribution >= 4 is 22.4 Å². The molecule has 196 valence electrons. The number of fused-ring (bicyclic) bond motifs is 1. The standard InChI is InChI=1S/C28H30N6O3S/c35-27(31-28-30-12-14-38-28)21-15-23(36-18-19-8-10-29-11-9-19)17-24(16-21)37-22-6-4-20(5-7-22)26-33-32-25-3-1-2-13-34(25)26/h4-7,12,14-17,19,29H,1-3,8-11,13,18H2,(H,30,31,35). The monoisotopic (exact) mass is 530 g/mol. The van der Waals surface area contributed by atoms with Crippen LogP contribution in [0, 0.1) is 5.92 Å². The average Bonchev–Trinajstić information content (AvgIpc) is 3.63. The van der Waals surface area contributed by atoms with Crippen molar-refractivity contribution in [3.05, 3.63) is 65.4 Å². The third kappa shape index (κ3) is 5.71. The summed E-state index contributed by atoms with van der Waals surface area (Å²) in [6.45, 7) is 3.57. The molecule has 0 unspecified atom stereocenters. The van der Waals surface area contributed by atoms with Crippen LogP contribution < -0.4 is 20.1 Å². The maximum Gasteiger partial charge on any atom is 0.257 e. The second kappa shape index (κ2) is 11.3. The van der Waals surface area contributed by atoms with E-state index in [-0.39, 0.29) is 5.91 Å². The molecule has 0 atom stereocenters. The number of rotatable bonds is 8. The number of nitrogens with one attached hydrogen (secondary N) is 2. The highest BCUT2D eigenvalue weighted by Crippen LogP contribution is 2.31. The Labute approximate surface area is 225 Å². The van der Waals surface area contributed by atoms with Gasteiger partial charge in [0.05, 0.1) is 6.61 Å². The summed E-state index contributed by atoms with van der Waals surface area (Å²) in [6.07, 6.45) is 7.10. The van der Waals surface area contributed by atoms with Gasteiger partial charge in [-0.2, -0.15) is 0 Å². The first-order chi connectivity index (χ1) is 18.7. The number of amides is 1. The van der Waals surface area contributed by atoms with Crippen LogP contribution in [0.2, 0.25) is 0 Å². The van der Waals surface area contributed by atoms with E-state index in [9.17, 15) is 4.79 Å². The minimum Gasteiger partial charge on any atom is -0.493 e. The molecule has 2 aliphatic rings. The van der Waals surface area contributed by atoms with Gasteiger partial charge < -0.3 is 19.4 Å². The molecule has 4 heterocycles. The highest BCUT2D eigenvalue weighted by Gasteiger charge is 2.18. The van der Waals surface area contributed by atoms with E-state index in [1.807, 2.05) is 35.7 Å². The summed E-state index contributed by atoms with van der Waals surface area (Å²) in [5.41, 5.74) is 1.45. The average molecular weight is 531 g/mol. The van der Waals surface area contributed by atoms with Gasteiger partial charge in [-0.1, -0.05) is 0 Å². The Balaban J connectivity index is 1.21. The van der Waals surface area contributed by atoms with Crippen molar-refractivity contribution < 1.29 is 14.3 Å². The largest absolute Gasteiger partial charge is 0.493 e. The summed E-state index contributed by atoms with van der Waals surface area (Å²) in [5.74, 6) is 3.97. The van der Waals surface area contributed by atoms with Crippen LogP contribution in [-0.2, 0) is 13.0 Å². The molecule has 1 fully saturated rings. The van der Waals surface area contributed by atoms with Gasteiger partial charge in [0.25, 0.3) is 5.91 Å². The summed E-state index contributed by atoms with van der Waals surface area (Å²) in [6, 6.07) is 13.1. The Morgan fingerprint density at radius 2 is 1.89 bits per heavy atom. The zero-order valence-corrected chi connectivity index (χ0v) is 21.9. The normalized spacial score (nSPS) is 15.6. The van der Waals surface area contributed by atoms with Gasteiger partial charge >= 0.3 is 0 Å². The zero-order chi connectivity index (χ0) is 25.7. The van der Waals surface area contributed by atoms with Crippen LogP contribution in [0.25, 0.3) is 11.4 Å². The second-order valence-electron chi connectivity index (χ2n) is 9.66. The number of carbonyl (C=O) groups excluding carboxylic acids is 1. The van der Waals surface area contributed by atoms with Gasteiger partial charge in [-0.15, -0.1) is 21.5 Å². The SMILES string of the molecule is O=C(Nc1nccs1)c1cc(OCC2CCNCC2)cc(Oc2ccc(-c3nnc4n3CCCC4)cc2)c1. The van der Waals surface area contributed by atoms with Crippen LogP contribution in [0.5, 0.6) is 17.2 Å². The lowest BCUT2D eigenvalue weighted by molar-refractivity contribution is 0.102. The number of carbonyl (C=O) groups is 1. The lowest BCUT2D eigenvalue weighted by Crippen LogP contribution is -2.30. The smallest absolute Gasteiger partial charge is 0.257 e. The number of anilines is 1. The molecule has 1 amide bonds. The molecule has 2 aromatic carbocycles. The molecule has 1 saturated heterocycles. The van der Waals surface area contributed by atoms with Gasteiger partial charge in [-0.05, 0) is 81.1 Å². The molecule has 4 aromatic rings. The molecule has 0 radical (unpaired) electrons. The molecule has 10 heteroatoms. The van der Waals surface area contributed by atoms with E-state index >= 15 is 0 Å². The number of nitrogens with zero attached hydrogens (tertiary/aromatic N) is 4. The first kappa shape index (κ1) is 24.6. The summed E-state index contributed by atoms with van der Waals surface area (Å²) in [4.78, 5) is 17.1. The minimum absolute atomic E-state index is 0.260. The van der Waals surface area contributed by atoms with Crippen molar-refractivity contribution in [1.29, 1.82) is 0 Å². The number of aromatic nitrogens is 4. The fraction of sp³-hybridized carbons (Fsp3) is 0.357. The lowest BCUT2D eigenvalue weighted by atomic mass is 9.99. The molecule has 0 aliphatic carbocycles. The lowest BCUT2D eigenvalue weighted by Gasteiger charge is -2.23. The van der Waals surface area contributed by atoms with Gasteiger partial charge in [0.15, 0.2) is 11.0 Å². The summed E-state index contributed by atoms with van der Waals surface area (Å²) < 4.78 is 14.6. The van der Waals surface area contributed by atoms with Crippen LogP contribution in [0.3, 0.4) is 0 Å². The molecular weight excluding hydrogens is 500 g/mol. The highest BCUT2D eigenvalue weighted by molar-refractivity contribution is 7.13. The highest BCUT2D eigenvalue weighted by atomic mass is 32.1. The maximum atomic E-state index is 13.0. The molecule has 0 saturated carbocycles. The van der Waals surface area contributed by atoms with Crippen LogP contribution in [0.1, 0.15) is 41.9 Å². The van der Waals surface area contributed by atoms with Gasteiger partial charge in [0.1, 0.15) is 23.1 Å². The first-order valence-corrected chi connectivity index (χ1v) is 14.0. The minimum atomic E-state index is -0.260. The fourth-order valence-electron chi connectivity index (χ4n) is 4.89. The van der Waals surface area contributed by atoms with Crippen molar-refractivity contribution in [2.75, 3.05) is 25.0 Å². The van der Waals surface area contributed by atoms with E-state index in [0.29, 0.717) is 40.5 Å². The van der Waals surface area contributed by atoms with E-state index in [1.54, 1.807) is 18.3 Å². The predicted molar refractivity (Wildman–Crippen MR) is 146 cm³/mol. The number of aryl methyl sites for hydroxylation is 1.